The SMILES string of the molecule is CCCc1nc(Br)cc(N2CCC(C(C)(C)C)CC2)n1. The van der Waals surface area contributed by atoms with Crippen LogP contribution in [0.1, 0.15) is 52.8 Å². The summed E-state index contributed by atoms with van der Waals surface area (Å²) < 4.78 is 0.906. The van der Waals surface area contributed by atoms with Crippen molar-refractivity contribution < 1.29 is 0 Å². The molecule has 0 amide bonds. The van der Waals surface area contributed by atoms with E-state index in [1.165, 1.54) is 12.8 Å². The van der Waals surface area contributed by atoms with E-state index in [1.807, 2.05) is 0 Å². The van der Waals surface area contributed by atoms with Crippen molar-refractivity contribution in [3.05, 3.63) is 16.5 Å². The maximum Gasteiger partial charge on any atom is 0.133 e. The van der Waals surface area contributed by atoms with E-state index in [9.17, 15) is 0 Å². The number of anilines is 1. The van der Waals surface area contributed by atoms with Gasteiger partial charge in [-0.2, -0.15) is 0 Å². The second-order valence-corrected chi connectivity index (χ2v) is 7.65. The lowest BCUT2D eigenvalue weighted by atomic mass is 9.75. The Morgan fingerprint density at radius 1 is 1.25 bits per heavy atom. The molecule has 0 aromatic carbocycles. The lowest BCUT2D eigenvalue weighted by Crippen LogP contribution is -2.38. The Labute approximate surface area is 131 Å². The molecule has 1 fully saturated rings. The minimum absolute atomic E-state index is 0.422. The molecular weight excluding hydrogens is 314 g/mol. The Morgan fingerprint density at radius 3 is 2.45 bits per heavy atom. The fourth-order valence-electron chi connectivity index (χ4n) is 2.92. The molecular formula is C16H26BrN3. The first-order chi connectivity index (χ1) is 9.40. The average Bonchev–Trinajstić information content (AvgIpc) is 2.37. The summed E-state index contributed by atoms with van der Waals surface area (Å²) in [5, 5.41) is 0. The van der Waals surface area contributed by atoms with E-state index in [0.717, 1.165) is 48.1 Å². The van der Waals surface area contributed by atoms with Gasteiger partial charge in [0.25, 0.3) is 0 Å². The molecule has 112 valence electrons. The molecule has 0 N–H and O–H groups in total. The Morgan fingerprint density at radius 2 is 1.90 bits per heavy atom. The highest BCUT2D eigenvalue weighted by Gasteiger charge is 2.29. The Bertz CT molecular complexity index is 446. The van der Waals surface area contributed by atoms with Gasteiger partial charge < -0.3 is 4.90 Å². The van der Waals surface area contributed by atoms with E-state index in [4.69, 9.17) is 4.98 Å². The molecule has 0 aliphatic carbocycles. The molecule has 4 heteroatoms. The summed E-state index contributed by atoms with van der Waals surface area (Å²) in [4.78, 5) is 11.6. The largest absolute Gasteiger partial charge is 0.356 e. The van der Waals surface area contributed by atoms with Crippen molar-refractivity contribution in [2.45, 2.75) is 53.4 Å². The number of aromatic nitrogens is 2. The first kappa shape index (κ1) is 15.7. The number of rotatable bonds is 3. The van der Waals surface area contributed by atoms with Crippen LogP contribution in [0, 0.1) is 11.3 Å². The fraction of sp³-hybridized carbons (Fsp3) is 0.750. The van der Waals surface area contributed by atoms with Crippen LogP contribution in [0.25, 0.3) is 0 Å². The van der Waals surface area contributed by atoms with Crippen LogP contribution in [-0.4, -0.2) is 23.1 Å². The third kappa shape index (κ3) is 3.94. The van der Waals surface area contributed by atoms with Gasteiger partial charge in [0, 0.05) is 25.6 Å². The molecule has 1 aromatic heterocycles. The maximum absolute atomic E-state index is 4.72. The van der Waals surface area contributed by atoms with E-state index in [-0.39, 0.29) is 0 Å². The molecule has 2 heterocycles. The lowest BCUT2D eigenvalue weighted by molar-refractivity contribution is 0.198. The van der Waals surface area contributed by atoms with E-state index in [0.29, 0.717) is 5.41 Å². The molecule has 0 unspecified atom stereocenters. The highest BCUT2D eigenvalue weighted by Crippen LogP contribution is 2.35. The topological polar surface area (TPSA) is 29.0 Å². The quantitative estimate of drug-likeness (QED) is 0.761. The monoisotopic (exact) mass is 339 g/mol. The van der Waals surface area contributed by atoms with Gasteiger partial charge in [-0.25, -0.2) is 9.97 Å². The van der Waals surface area contributed by atoms with Gasteiger partial charge in [0.2, 0.25) is 0 Å². The maximum atomic E-state index is 4.72. The highest BCUT2D eigenvalue weighted by molar-refractivity contribution is 9.10. The second kappa shape index (κ2) is 6.42. The zero-order valence-corrected chi connectivity index (χ0v) is 14.7. The zero-order valence-electron chi connectivity index (χ0n) is 13.1. The van der Waals surface area contributed by atoms with Gasteiger partial charge in [0.05, 0.1) is 0 Å². The van der Waals surface area contributed by atoms with E-state index >= 15 is 0 Å². The summed E-state index contributed by atoms with van der Waals surface area (Å²) in [6.45, 7) is 11.4. The van der Waals surface area contributed by atoms with Crippen LogP contribution in [0.15, 0.2) is 10.7 Å². The number of aryl methyl sites for hydroxylation is 1. The summed E-state index contributed by atoms with van der Waals surface area (Å²) >= 11 is 3.52. The minimum atomic E-state index is 0.422. The van der Waals surface area contributed by atoms with E-state index in [2.05, 4.69) is 59.6 Å². The van der Waals surface area contributed by atoms with Crippen LogP contribution in [-0.2, 0) is 6.42 Å². The molecule has 2 rings (SSSR count). The van der Waals surface area contributed by atoms with Crippen LogP contribution >= 0.6 is 15.9 Å². The minimum Gasteiger partial charge on any atom is -0.356 e. The van der Waals surface area contributed by atoms with Gasteiger partial charge in [-0.05, 0) is 46.5 Å². The molecule has 1 aliphatic heterocycles. The summed E-state index contributed by atoms with van der Waals surface area (Å²) in [5.74, 6) is 2.86. The van der Waals surface area contributed by atoms with Crippen LogP contribution < -0.4 is 4.90 Å². The smallest absolute Gasteiger partial charge is 0.133 e. The predicted molar refractivity (Wildman–Crippen MR) is 88.1 cm³/mol. The first-order valence-corrected chi connectivity index (χ1v) is 8.48. The summed E-state index contributed by atoms with van der Waals surface area (Å²) in [7, 11) is 0. The Hall–Kier alpha value is -0.640. The third-order valence-corrected chi connectivity index (χ3v) is 4.65. The van der Waals surface area contributed by atoms with Crippen molar-refractivity contribution in [2.24, 2.45) is 11.3 Å². The molecule has 0 spiro atoms. The number of halogens is 1. The third-order valence-electron chi connectivity index (χ3n) is 4.24. The van der Waals surface area contributed by atoms with Crippen LogP contribution in [0.5, 0.6) is 0 Å². The van der Waals surface area contributed by atoms with Crippen molar-refractivity contribution in [1.82, 2.24) is 9.97 Å². The van der Waals surface area contributed by atoms with Crippen molar-refractivity contribution in [1.29, 1.82) is 0 Å². The zero-order chi connectivity index (χ0) is 14.8. The summed E-state index contributed by atoms with van der Waals surface area (Å²) in [6, 6.07) is 2.05. The number of hydrogen-bond acceptors (Lipinski definition) is 3. The van der Waals surface area contributed by atoms with Crippen molar-refractivity contribution >= 4 is 21.7 Å². The van der Waals surface area contributed by atoms with Crippen molar-refractivity contribution in [3.63, 3.8) is 0 Å². The summed E-state index contributed by atoms with van der Waals surface area (Å²) in [5.41, 5.74) is 0.422. The van der Waals surface area contributed by atoms with E-state index in [1.54, 1.807) is 0 Å². The van der Waals surface area contributed by atoms with Crippen molar-refractivity contribution in [2.75, 3.05) is 18.0 Å². The molecule has 1 aromatic rings. The fourth-order valence-corrected chi connectivity index (χ4v) is 3.33. The Kier molecular flexibility index (Phi) is 5.05. The van der Waals surface area contributed by atoms with Crippen molar-refractivity contribution in [3.8, 4) is 0 Å². The number of piperidine rings is 1. The molecule has 20 heavy (non-hydrogen) atoms. The van der Waals surface area contributed by atoms with Crippen LogP contribution in [0.4, 0.5) is 5.82 Å². The van der Waals surface area contributed by atoms with Gasteiger partial charge in [0.15, 0.2) is 0 Å². The van der Waals surface area contributed by atoms with E-state index < -0.39 is 0 Å². The molecule has 0 bridgehead atoms. The lowest BCUT2D eigenvalue weighted by Gasteiger charge is -2.39. The van der Waals surface area contributed by atoms with Crippen LogP contribution in [0.3, 0.4) is 0 Å². The molecule has 0 saturated carbocycles. The molecule has 3 nitrogen and oxygen atoms in total. The average molecular weight is 340 g/mol. The number of nitrogens with zero attached hydrogens (tertiary/aromatic N) is 3. The highest BCUT2D eigenvalue weighted by atomic mass is 79.9. The van der Waals surface area contributed by atoms with Gasteiger partial charge in [0.1, 0.15) is 16.2 Å². The number of hydrogen-bond donors (Lipinski definition) is 0. The molecule has 0 radical (unpaired) electrons. The van der Waals surface area contributed by atoms with Gasteiger partial charge in [-0.15, -0.1) is 0 Å². The second-order valence-electron chi connectivity index (χ2n) is 6.84. The molecule has 1 saturated heterocycles. The summed E-state index contributed by atoms with van der Waals surface area (Å²) in [6.07, 6.45) is 4.55. The molecule has 1 aliphatic rings. The molecule has 0 atom stereocenters. The first-order valence-electron chi connectivity index (χ1n) is 7.68. The van der Waals surface area contributed by atoms with Gasteiger partial charge >= 0.3 is 0 Å². The van der Waals surface area contributed by atoms with Gasteiger partial charge in [-0.1, -0.05) is 27.7 Å². The van der Waals surface area contributed by atoms with Crippen LogP contribution in [0.2, 0.25) is 0 Å². The predicted octanol–water partition coefficient (Wildman–Crippen LogP) is 4.45. The Balaban J connectivity index is 2.07. The van der Waals surface area contributed by atoms with Gasteiger partial charge in [-0.3, -0.25) is 0 Å². The standard InChI is InChI=1S/C16H26BrN3/c1-5-6-14-18-13(17)11-15(19-14)20-9-7-12(8-10-20)16(2,3)4/h11-12H,5-10H2,1-4H3. The normalized spacial score (nSPS) is 17.6.